The smallest absolute Gasteiger partial charge is 0.124 e. The average molecular weight is 350 g/mol. The van der Waals surface area contributed by atoms with Gasteiger partial charge in [0.2, 0.25) is 0 Å². The molecule has 1 N–H and O–H groups in total. The second-order valence-electron chi connectivity index (χ2n) is 5.21. The summed E-state index contributed by atoms with van der Waals surface area (Å²) < 4.78 is 19.9. The lowest BCUT2D eigenvalue weighted by Gasteiger charge is -2.27. The molecule has 0 saturated heterocycles. The first-order valence-corrected chi connectivity index (χ1v) is 7.92. The molecule has 0 saturated carbocycles. The van der Waals surface area contributed by atoms with Crippen LogP contribution in [0.3, 0.4) is 0 Å². The number of hydrogen-bond acceptors (Lipinski definition) is 2. The van der Waals surface area contributed by atoms with Crippen molar-refractivity contribution in [2.75, 3.05) is 13.2 Å². The van der Waals surface area contributed by atoms with E-state index in [0.29, 0.717) is 6.04 Å². The molecule has 0 radical (unpaired) electrons. The van der Waals surface area contributed by atoms with Crippen molar-refractivity contribution in [2.24, 2.45) is 0 Å². The van der Waals surface area contributed by atoms with Crippen LogP contribution in [0.4, 0.5) is 4.39 Å². The summed E-state index contributed by atoms with van der Waals surface area (Å²) in [6, 6.07) is 13.2. The number of nitrogens with one attached hydrogen (secondary N) is 1. The molecule has 4 heteroatoms. The molecule has 2 aromatic carbocycles. The zero-order chi connectivity index (χ0) is 14.7. The van der Waals surface area contributed by atoms with Gasteiger partial charge in [-0.05, 0) is 48.9 Å². The quantitative estimate of drug-likeness (QED) is 0.890. The lowest BCUT2D eigenvalue weighted by Crippen LogP contribution is -2.28. The molecule has 0 spiro atoms. The zero-order valence-electron chi connectivity index (χ0n) is 11.6. The third-order valence-electron chi connectivity index (χ3n) is 3.70. The first-order valence-electron chi connectivity index (χ1n) is 7.12. The topological polar surface area (TPSA) is 21.3 Å². The van der Waals surface area contributed by atoms with Crippen molar-refractivity contribution in [2.45, 2.75) is 18.9 Å². The van der Waals surface area contributed by atoms with E-state index >= 15 is 0 Å². The second-order valence-corrected chi connectivity index (χ2v) is 6.12. The van der Waals surface area contributed by atoms with E-state index in [1.54, 1.807) is 12.1 Å². The molecular weight excluding hydrogens is 333 g/mol. The van der Waals surface area contributed by atoms with Crippen LogP contribution < -0.4 is 10.1 Å². The molecule has 2 aromatic rings. The molecule has 21 heavy (non-hydrogen) atoms. The van der Waals surface area contributed by atoms with Crippen molar-refractivity contribution in [1.29, 1.82) is 0 Å². The van der Waals surface area contributed by atoms with Crippen LogP contribution in [0.2, 0.25) is 0 Å². The predicted molar refractivity (Wildman–Crippen MR) is 85.1 cm³/mol. The fourth-order valence-electron chi connectivity index (χ4n) is 2.66. The van der Waals surface area contributed by atoms with E-state index in [4.69, 9.17) is 4.74 Å². The van der Waals surface area contributed by atoms with Crippen LogP contribution in [0.5, 0.6) is 5.75 Å². The maximum absolute atomic E-state index is 13.1. The summed E-state index contributed by atoms with van der Waals surface area (Å²) in [6.07, 6.45) is 1.77. The highest BCUT2D eigenvalue weighted by molar-refractivity contribution is 9.10. The molecule has 1 atom stereocenters. The van der Waals surface area contributed by atoms with Gasteiger partial charge in [0.1, 0.15) is 11.6 Å². The van der Waals surface area contributed by atoms with Crippen LogP contribution in [0.15, 0.2) is 46.9 Å². The highest BCUT2D eigenvalue weighted by atomic mass is 79.9. The zero-order valence-corrected chi connectivity index (χ0v) is 13.2. The number of ether oxygens (including phenoxy) is 1. The van der Waals surface area contributed by atoms with Crippen LogP contribution in [-0.2, 0) is 6.42 Å². The van der Waals surface area contributed by atoms with E-state index in [0.717, 1.165) is 41.8 Å². The summed E-state index contributed by atoms with van der Waals surface area (Å²) >= 11 is 3.51. The van der Waals surface area contributed by atoms with E-state index in [1.807, 2.05) is 18.2 Å². The van der Waals surface area contributed by atoms with E-state index in [9.17, 15) is 4.39 Å². The molecule has 110 valence electrons. The molecule has 0 aromatic heterocycles. The molecule has 1 aliphatic heterocycles. The predicted octanol–water partition coefficient (Wildman–Crippen LogP) is 4.24. The van der Waals surface area contributed by atoms with Crippen LogP contribution in [0, 0.1) is 5.82 Å². The SMILES string of the molecule is Fc1cccc(CCNC2CCOc3ccc(Br)cc32)c1. The van der Waals surface area contributed by atoms with Gasteiger partial charge in [-0.2, -0.15) is 0 Å². The number of hydrogen-bond donors (Lipinski definition) is 1. The summed E-state index contributed by atoms with van der Waals surface area (Å²) in [6.45, 7) is 1.55. The summed E-state index contributed by atoms with van der Waals surface area (Å²) in [4.78, 5) is 0. The lowest BCUT2D eigenvalue weighted by molar-refractivity contribution is 0.253. The molecule has 0 fully saturated rings. The molecule has 0 amide bonds. The number of rotatable bonds is 4. The standard InChI is InChI=1S/C17H17BrFNO/c18-13-4-5-17-15(11-13)16(7-9-21-17)20-8-6-12-2-1-3-14(19)10-12/h1-5,10-11,16,20H,6-9H2. The highest BCUT2D eigenvalue weighted by Crippen LogP contribution is 2.33. The monoisotopic (exact) mass is 349 g/mol. The average Bonchev–Trinajstić information content (AvgIpc) is 2.48. The first-order chi connectivity index (χ1) is 10.2. The third-order valence-corrected chi connectivity index (χ3v) is 4.20. The van der Waals surface area contributed by atoms with Gasteiger partial charge in [-0.3, -0.25) is 0 Å². The minimum atomic E-state index is -0.173. The van der Waals surface area contributed by atoms with E-state index < -0.39 is 0 Å². The van der Waals surface area contributed by atoms with Crippen molar-refractivity contribution >= 4 is 15.9 Å². The largest absolute Gasteiger partial charge is 0.493 e. The van der Waals surface area contributed by atoms with Crippen molar-refractivity contribution < 1.29 is 9.13 Å². The Balaban J connectivity index is 1.63. The maximum atomic E-state index is 13.1. The molecule has 2 nitrogen and oxygen atoms in total. The summed E-state index contributed by atoms with van der Waals surface area (Å²) in [5.74, 6) is 0.778. The van der Waals surface area contributed by atoms with Gasteiger partial charge < -0.3 is 10.1 Å². The minimum absolute atomic E-state index is 0.173. The molecule has 0 aliphatic carbocycles. The Kier molecular flexibility index (Phi) is 4.56. The van der Waals surface area contributed by atoms with Crippen molar-refractivity contribution in [3.63, 3.8) is 0 Å². The van der Waals surface area contributed by atoms with Crippen molar-refractivity contribution in [3.8, 4) is 5.75 Å². The van der Waals surface area contributed by atoms with Crippen LogP contribution in [-0.4, -0.2) is 13.2 Å². The van der Waals surface area contributed by atoms with Crippen molar-refractivity contribution in [1.82, 2.24) is 5.32 Å². The highest BCUT2D eigenvalue weighted by Gasteiger charge is 2.20. The van der Waals surface area contributed by atoms with Gasteiger partial charge in [0.05, 0.1) is 6.61 Å². The van der Waals surface area contributed by atoms with Crippen LogP contribution >= 0.6 is 15.9 Å². The Hall–Kier alpha value is -1.39. The minimum Gasteiger partial charge on any atom is -0.493 e. The van der Waals surface area contributed by atoms with Gasteiger partial charge in [0, 0.05) is 22.5 Å². The van der Waals surface area contributed by atoms with Gasteiger partial charge in [-0.25, -0.2) is 4.39 Å². The lowest BCUT2D eigenvalue weighted by atomic mass is 10.0. The molecule has 1 unspecified atom stereocenters. The van der Waals surface area contributed by atoms with Crippen LogP contribution in [0.25, 0.3) is 0 Å². The van der Waals surface area contributed by atoms with E-state index in [1.165, 1.54) is 11.6 Å². The van der Waals surface area contributed by atoms with E-state index in [2.05, 4.69) is 27.3 Å². The van der Waals surface area contributed by atoms with Gasteiger partial charge in [-0.1, -0.05) is 28.1 Å². The molecule has 0 bridgehead atoms. The number of benzene rings is 2. The van der Waals surface area contributed by atoms with Crippen LogP contribution in [0.1, 0.15) is 23.6 Å². The Morgan fingerprint density at radius 2 is 2.14 bits per heavy atom. The van der Waals surface area contributed by atoms with Gasteiger partial charge in [0.25, 0.3) is 0 Å². The second kappa shape index (κ2) is 6.58. The Labute approximate surface area is 132 Å². The van der Waals surface area contributed by atoms with Gasteiger partial charge in [-0.15, -0.1) is 0 Å². The fraction of sp³-hybridized carbons (Fsp3) is 0.294. The molecule has 1 heterocycles. The molecule has 3 rings (SSSR count). The molecule has 1 aliphatic rings. The van der Waals surface area contributed by atoms with Crippen molar-refractivity contribution in [3.05, 3.63) is 63.9 Å². The Morgan fingerprint density at radius 1 is 1.24 bits per heavy atom. The molecular formula is C17H17BrFNO. The summed E-state index contributed by atoms with van der Waals surface area (Å²) in [7, 11) is 0. The van der Waals surface area contributed by atoms with E-state index in [-0.39, 0.29) is 5.82 Å². The van der Waals surface area contributed by atoms with Gasteiger partial charge >= 0.3 is 0 Å². The summed E-state index contributed by atoms with van der Waals surface area (Å²) in [5, 5.41) is 3.55. The Morgan fingerprint density at radius 3 is 3.00 bits per heavy atom. The first kappa shape index (κ1) is 14.5. The Bertz CT molecular complexity index is 632. The summed E-state index contributed by atoms with van der Waals surface area (Å²) in [5.41, 5.74) is 2.21. The number of fused-ring (bicyclic) bond motifs is 1. The van der Waals surface area contributed by atoms with Gasteiger partial charge in [0.15, 0.2) is 0 Å². The maximum Gasteiger partial charge on any atom is 0.124 e. The fourth-order valence-corrected chi connectivity index (χ4v) is 3.04. The number of halogens is 2. The normalized spacial score (nSPS) is 17.1. The third kappa shape index (κ3) is 3.63.